The van der Waals surface area contributed by atoms with E-state index >= 15 is 0 Å². The first-order chi connectivity index (χ1) is 13.5. The number of hydrogen-bond acceptors (Lipinski definition) is 6. The first kappa shape index (κ1) is 25.8. The molecule has 0 heterocycles. The van der Waals surface area contributed by atoms with E-state index < -0.39 is 31.3 Å². The van der Waals surface area contributed by atoms with Gasteiger partial charge in [0.1, 0.15) is 4.90 Å². The highest BCUT2D eigenvalue weighted by Gasteiger charge is 2.32. The monoisotopic (exact) mass is 457 g/mol. The number of aryl methyl sites for hydroxylation is 1. The van der Waals surface area contributed by atoms with Crippen LogP contribution in [0.1, 0.15) is 32.8 Å². The lowest BCUT2D eigenvalue weighted by Crippen LogP contribution is -2.28. The van der Waals surface area contributed by atoms with E-state index in [0.717, 1.165) is 0 Å². The molecule has 0 aromatic heterocycles. The van der Waals surface area contributed by atoms with Crippen LogP contribution in [0.15, 0.2) is 41.3 Å². The number of nitro benzene ring substituents is 1. The number of halogens is 1. The number of phenolic OH excluding ortho intramolecular Hbond substituents is 1. The van der Waals surface area contributed by atoms with Crippen LogP contribution >= 0.6 is 12.4 Å². The molecule has 0 aliphatic heterocycles. The van der Waals surface area contributed by atoms with Crippen molar-refractivity contribution >= 4 is 28.1 Å². The molecule has 166 valence electrons. The molecular formula is C20H28ClN3O5S. The minimum absolute atomic E-state index is 0. The Labute approximate surface area is 183 Å². The number of nitrogens with one attached hydrogen (secondary N) is 1. The minimum atomic E-state index is -4.14. The lowest BCUT2D eigenvalue weighted by molar-refractivity contribution is -0.385. The van der Waals surface area contributed by atoms with E-state index in [4.69, 9.17) is 5.73 Å². The number of phenols is 1. The molecule has 0 fully saturated rings. The van der Waals surface area contributed by atoms with Crippen molar-refractivity contribution in [2.75, 3.05) is 6.54 Å². The Hall–Kier alpha value is -2.20. The van der Waals surface area contributed by atoms with Crippen LogP contribution < -0.4 is 10.5 Å². The quantitative estimate of drug-likeness (QED) is 0.388. The zero-order valence-corrected chi connectivity index (χ0v) is 18.8. The molecule has 0 saturated carbocycles. The zero-order valence-electron chi connectivity index (χ0n) is 17.2. The third-order valence-electron chi connectivity index (χ3n) is 4.41. The average molecular weight is 458 g/mol. The highest BCUT2D eigenvalue weighted by Crippen LogP contribution is 2.44. The van der Waals surface area contributed by atoms with E-state index in [2.05, 4.69) is 4.72 Å². The maximum atomic E-state index is 12.8. The topological polar surface area (TPSA) is 136 Å². The number of hydrogen-bond donors (Lipinski definition) is 3. The first-order valence-electron chi connectivity index (χ1n) is 9.38. The summed E-state index contributed by atoms with van der Waals surface area (Å²) in [6.45, 7) is 5.61. The fourth-order valence-corrected chi connectivity index (χ4v) is 4.29. The normalized spacial score (nSPS) is 12.4. The summed E-state index contributed by atoms with van der Waals surface area (Å²) in [6, 6.07) is 9.72. The van der Waals surface area contributed by atoms with E-state index in [0.29, 0.717) is 24.0 Å². The molecule has 0 saturated heterocycles. The SMILES string of the molecule is CC(C)CNS(=O)(=O)c1cc(CCC(C)N)c(-c2ccccc2)c([N+](=O)[O-])c1O.Cl. The second-order valence-electron chi connectivity index (χ2n) is 7.49. The highest BCUT2D eigenvalue weighted by atomic mass is 35.5. The van der Waals surface area contributed by atoms with E-state index in [1.807, 2.05) is 13.8 Å². The number of nitro groups is 1. The van der Waals surface area contributed by atoms with Gasteiger partial charge in [-0.05, 0) is 42.9 Å². The Balaban J connectivity index is 0.00000450. The van der Waals surface area contributed by atoms with Gasteiger partial charge in [0.15, 0.2) is 0 Å². The van der Waals surface area contributed by atoms with Gasteiger partial charge in [-0.15, -0.1) is 12.4 Å². The van der Waals surface area contributed by atoms with Crippen molar-refractivity contribution in [2.45, 2.75) is 44.6 Å². The van der Waals surface area contributed by atoms with Crippen LogP contribution in [-0.4, -0.2) is 31.0 Å². The van der Waals surface area contributed by atoms with Gasteiger partial charge in [0.25, 0.3) is 0 Å². The molecule has 0 aliphatic carbocycles. The molecule has 0 aliphatic rings. The number of nitrogens with zero attached hydrogens (tertiary/aromatic N) is 1. The molecule has 8 nitrogen and oxygen atoms in total. The van der Waals surface area contributed by atoms with Crippen LogP contribution in [0.25, 0.3) is 11.1 Å². The van der Waals surface area contributed by atoms with Gasteiger partial charge < -0.3 is 10.8 Å². The fourth-order valence-electron chi connectivity index (χ4n) is 2.93. The minimum Gasteiger partial charge on any atom is -0.501 e. The Kier molecular flexibility index (Phi) is 9.23. The fraction of sp³-hybridized carbons (Fsp3) is 0.400. The van der Waals surface area contributed by atoms with Crippen LogP contribution in [0.3, 0.4) is 0 Å². The Bertz CT molecular complexity index is 980. The first-order valence-corrected chi connectivity index (χ1v) is 10.9. The Morgan fingerprint density at radius 2 is 1.80 bits per heavy atom. The number of benzene rings is 2. The summed E-state index contributed by atoms with van der Waals surface area (Å²) < 4.78 is 27.9. The molecule has 30 heavy (non-hydrogen) atoms. The number of sulfonamides is 1. The molecule has 0 spiro atoms. The second kappa shape index (κ2) is 10.7. The van der Waals surface area contributed by atoms with E-state index in [9.17, 15) is 23.6 Å². The average Bonchev–Trinajstić information content (AvgIpc) is 2.65. The number of nitrogens with two attached hydrogens (primary N) is 1. The molecule has 0 bridgehead atoms. The number of rotatable bonds is 9. The Morgan fingerprint density at radius 1 is 1.20 bits per heavy atom. The molecule has 2 rings (SSSR count). The molecule has 2 aromatic carbocycles. The van der Waals surface area contributed by atoms with Crippen LogP contribution in [0.4, 0.5) is 5.69 Å². The van der Waals surface area contributed by atoms with Crippen LogP contribution in [-0.2, 0) is 16.4 Å². The summed E-state index contributed by atoms with van der Waals surface area (Å²) >= 11 is 0. The van der Waals surface area contributed by atoms with Crippen LogP contribution in [0.2, 0.25) is 0 Å². The van der Waals surface area contributed by atoms with Crippen molar-refractivity contribution in [1.82, 2.24) is 4.72 Å². The third kappa shape index (κ3) is 6.15. The standard InChI is InChI=1S/C20H27N3O5S.ClH/c1-13(2)12-22-29(27,28)17-11-16(10-9-14(3)21)18(15-7-5-4-6-8-15)19(20(17)24)23(25)26;/h4-8,11,13-14,22,24H,9-10,12,21H2,1-3H3;1H. The predicted molar refractivity (Wildman–Crippen MR) is 119 cm³/mol. The summed E-state index contributed by atoms with van der Waals surface area (Å²) in [7, 11) is -4.14. The summed E-state index contributed by atoms with van der Waals surface area (Å²) in [5.74, 6) is -0.835. The zero-order chi connectivity index (χ0) is 21.8. The molecule has 1 unspecified atom stereocenters. The van der Waals surface area contributed by atoms with Crippen molar-refractivity contribution in [3.8, 4) is 16.9 Å². The van der Waals surface area contributed by atoms with Gasteiger partial charge in [-0.1, -0.05) is 44.2 Å². The molecule has 0 amide bonds. The summed E-state index contributed by atoms with van der Waals surface area (Å²) in [5.41, 5.74) is 6.40. The largest absolute Gasteiger partial charge is 0.501 e. The summed E-state index contributed by atoms with van der Waals surface area (Å²) in [6.07, 6.45) is 0.830. The van der Waals surface area contributed by atoms with E-state index in [1.165, 1.54) is 6.07 Å². The Morgan fingerprint density at radius 3 is 2.30 bits per heavy atom. The maximum absolute atomic E-state index is 12.8. The van der Waals surface area contributed by atoms with Crippen molar-refractivity contribution in [3.05, 3.63) is 52.1 Å². The molecule has 4 N–H and O–H groups in total. The lowest BCUT2D eigenvalue weighted by Gasteiger charge is -2.17. The van der Waals surface area contributed by atoms with Crippen LogP contribution in [0, 0.1) is 16.0 Å². The highest BCUT2D eigenvalue weighted by molar-refractivity contribution is 7.89. The van der Waals surface area contributed by atoms with Crippen molar-refractivity contribution in [1.29, 1.82) is 0 Å². The van der Waals surface area contributed by atoms with Gasteiger partial charge >= 0.3 is 5.69 Å². The van der Waals surface area contributed by atoms with Gasteiger partial charge in [-0.2, -0.15) is 0 Å². The molecule has 1 atom stereocenters. The van der Waals surface area contributed by atoms with Gasteiger partial charge in [0.05, 0.1) is 10.5 Å². The van der Waals surface area contributed by atoms with Gasteiger partial charge in [0, 0.05) is 12.6 Å². The van der Waals surface area contributed by atoms with Gasteiger partial charge in [-0.25, -0.2) is 13.1 Å². The van der Waals surface area contributed by atoms with Crippen LogP contribution in [0.5, 0.6) is 5.75 Å². The second-order valence-corrected chi connectivity index (χ2v) is 9.23. The molecule has 10 heteroatoms. The molecule has 0 radical (unpaired) electrons. The van der Waals surface area contributed by atoms with Gasteiger partial charge in [-0.3, -0.25) is 10.1 Å². The van der Waals surface area contributed by atoms with E-state index in [1.54, 1.807) is 37.3 Å². The number of aromatic hydroxyl groups is 1. The maximum Gasteiger partial charge on any atom is 0.320 e. The van der Waals surface area contributed by atoms with Crippen molar-refractivity contribution < 1.29 is 18.4 Å². The van der Waals surface area contributed by atoms with E-state index in [-0.39, 0.29) is 36.5 Å². The molecular weight excluding hydrogens is 430 g/mol. The summed E-state index contributed by atoms with van der Waals surface area (Å²) in [4.78, 5) is 10.6. The third-order valence-corrected chi connectivity index (χ3v) is 5.84. The lowest BCUT2D eigenvalue weighted by atomic mass is 9.93. The summed E-state index contributed by atoms with van der Waals surface area (Å²) in [5, 5.41) is 22.5. The van der Waals surface area contributed by atoms with Crippen molar-refractivity contribution in [2.24, 2.45) is 11.7 Å². The smallest absolute Gasteiger partial charge is 0.320 e. The molecule has 2 aromatic rings. The van der Waals surface area contributed by atoms with Crippen molar-refractivity contribution in [3.63, 3.8) is 0 Å². The predicted octanol–water partition coefficient (Wildman–Crippen LogP) is 3.60. The van der Waals surface area contributed by atoms with Gasteiger partial charge in [0.2, 0.25) is 15.8 Å².